The zero-order chi connectivity index (χ0) is 11.5. The van der Waals surface area contributed by atoms with Crippen molar-refractivity contribution < 1.29 is 9.13 Å². The highest BCUT2D eigenvalue weighted by molar-refractivity contribution is 6.31. The molecular formula is C12H15ClFNO. The number of nitrogens with two attached hydrogens (primary N) is 1. The summed E-state index contributed by atoms with van der Waals surface area (Å²) in [7, 11) is 0. The summed E-state index contributed by atoms with van der Waals surface area (Å²) in [5, 5.41) is 0.438. The van der Waals surface area contributed by atoms with Gasteiger partial charge in [0.1, 0.15) is 5.82 Å². The Balaban J connectivity index is 2.07. The van der Waals surface area contributed by atoms with Crippen LogP contribution in [0.25, 0.3) is 0 Å². The van der Waals surface area contributed by atoms with Crippen molar-refractivity contribution in [3.8, 4) is 0 Å². The molecule has 0 bridgehead atoms. The van der Waals surface area contributed by atoms with Gasteiger partial charge in [-0.3, -0.25) is 0 Å². The van der Waals surface area contributed by atoms with Crippen LogP contribution >= 0.6 is 11.6 Å². The first kappa shape index (κ1) is 11.8. The van der Waals surface area contributed by atoms with Crippen molar-refractivity contribution in [3.63, 3.8) is 0 Å². The summed E-state index contributed by atoms with van der Waals surface area (Å²) >= 11 is 5.94. The number of halogens is 2. The van der Waals surface area contributed by atoms with Crippen LogP contribution < -0.4 is 5.73 Å². The minimum Gasteiger partial charge on any atom is -0.377 e. The molecule has 2 nitrogen and oxygen atoms in total. The Morgan fingerprint density at radius 2 is 2.38 bits per heavy atom. The summed E-state index contributed by atoms with van der Waals surface area (Å²) < 4.78 is 19.0. The van der Waals surface area contributed by atoms with Crippen LogP contribution in [-0.4, -0.2) is 18.8 Å². The monoisotopic (exact) mass is 243 g/mol. The molecule has 88 valence electrons. The standard InChI is InChI=1S/C12H15ClFNO/c13-9-3-1-4-10(14)8(9)7-11(15)12-5-2-6-16-12/h1,3-4,11-12H,2,5-7,15H2. The van der Waals surface area contributed by atoms with Gasteiger partial charge < -0.3 is 10.5 Å². The summed E-state index contributed by atoms with van der Waals surface area (Å²) in [5.74, 6) is -0.291. The third kappa shape index (κ3) is 2.54. The Kier molecular flexibility index (Phi) is 3.79. The maximum atomic E-state index is 13.5. The van der Waals surface area contributed by atoms with Gasteiger partial charge in [0.15, 0.2) is 0 Å². The van der Waals surface area contributed by atoms with Crippen LogP contribution in [0.1, 0.15) is 18.4 Å². The predicted octanol–water partition coefficient (Wildman–Crippen LogP) is 2.53. The molecule has 1 fully saturated rings. The molecule has 1 saturated heterocycles. The highest BCUT2D eigenvalue weighted by atomic mass is 35.5. The summed E-state index contributed by atoms with van der Waals surface area (Å²) in [6.45, 7) is 0.753. The average molecular weight is 244 g/mol. The van der Waals surface area contributed by atoms with E-state index in [0.717, 1.165) is 19.4 Å². The lowest BCUT2D eigenvalue weighted by Crippen LogP contribution is -2.36. The molecule has 0 radical (unpaired) electrons. The zero-order valence-corrected chi connectivity index (χ0v) is 9.71. The molecule has 2 N–H and O–H groups in total. The fraction of sp³-hybridized carbons (Fsp3) is 0.500. The molecule has 2 rings (SSSR count). The van der Waals surface area contributed by atoms with E-state index in [0.29, 0.717) is 17.0 Å². The molecule has 1 aliphatic rings. The van der Waals surface area contributed by atoms with Crippen LogP contribution in [0.4, 0.5) is 4.39 Å². The van der Waals surface area contributed by atoms with Crippen molar-refractivity contribution in [2.75, 3.05) is 6.61 Å². The molecule has 16 heavy (non-hydrogen) atoms. The van der Waals surface area contributed by atoms with Gasteiger partial charge in [-0.05, 0) is 31.4 Å². The van der Waals surface area contributed by atoms with E-state index in [2.05, 4.69) is 0 Å². The predicted molar refractivity (Wildman–Crippen MR) is 62.1 cm³/mol. The van der Waals surface area contributed by atoms with Crippen LogP contribution in [0.3, 0.4) is 0 Å². The molecule has 2 unspecified atom stereocenters. The van der Waals surface area contributed by atoms with Crippen molar-refractivity contribution in [1.29, 1.82) is 0 Å². The molecule has 0 aromatic heterocycles. The molecular weight excluding hydrogens is 229 g/mol. The van der Waals surface area contributed by atoms with Gasteiger partial charge in [0.05, 0.1) is 6.10 Å². The van der Waals surface area contributed by atoms with Crippen LogP contribution in [0.5, 0.6) is 0 Å². The van der Waals surface area contributed by atoms with E-state index in [1.54, 1.807) is 12.1 Å². The van der Waals surface area contributed by atoms with Crippen molar-refractivity contribution >= 4 is 11.6 Å². The molecule has 4 heteroatoms. The quantitative estimate of drug-likeness (QED) is 0.886. The first-order valence-electron chi connectivity index (χ1n) is 5.48. The van der Waals surface area contributed by atoms with Gasteiger partial charge in [-0.25, -0.2) is 4.39 Å². The molecule has 0 spiro atoms. The number of benzene rings is 1. The van der Waals surface area contributed by atoms with Gasteiger partial charge in [0.25, 0.3) is 0 Å². The van der Waals surface area contributed by atoms with Gasteiger partial charge in [-0.2, -0.15) is 0 Å². The highest BCUT2D eigenvalue weighted by Crippen LogP contribution is 2.23. The summed E-state index contributed by atoms with van der Waals surface area (Å²) in [6.07, 6.45) is 2.45. The maximum Gasteiger partial charge on any atom is 0.127 e. The zero-order valence-electron chi connectivity index (χ0n) is 8.96. The number of ether oxygens (including phenoxy) is 1. The topological polar surface area (TPSA) is 35.2 Å². The Labute approximate surface area is 99.5 Å². The fourth-order valence-corrected chi connectivity index (χ4v) is 2.27. The van der Waals surface area contributed by atoms with Crippen LogP contribution in [0.15, 0.2) is 18.2 Å². The van der Waals surface area contributed by atoms with E-state index in [4.69, 9.17) is 22.1 Å². The lowest BCUT2D eigenvalue weighted by molar-refractivity contribution is 0.0898. The number of hydrogen-bond acceptors (Lipinski definition) is 2. The number of rotatable bonds is 3. The first-order chi connectivity index (χ1) is 7.68. The van der Waals surface area contributed by atoms with Gasteiger partial charge in [-0.15, -0.1) is 0 Å². The summed E-state index contributed by atoms with van der Waals surface area (Å²) in [6, 6.07) is 4.50. The maximum absolute atomic E-state index is 13.5. The Hall–Kier alpha value is -0.640. The largest absolute Gasteiger partial charge is 0.377 e. The second-order valence-electron chi connectivity index (χ2n) is 4.12. The Bertz CT molecular complexity index is 346. The van der Waals surface area contributed by atoms with E-state index in [1.165, 1.54) is 6.07 Å². The molecule has 0 saturated carbocycles. The third-order valence-electron chi connectivity index (χ3n) is 2.94. The molecule has 1 aromatic rings. The smallest absolute Gasteiger partial charge is 0.127 e. The molecule has 0 amide bonds. The van der Waals surface area contributed by atoms with Crippen LogP contribution in [0, 0.1) is 5.82 Å². The molecule has 1 aromatic carbocycles. The normalized spacial score (nSPS) is 22.3. The molecule has 2 atom stereocenters. The number of hydrogen-bond donors (Lipinski definition) is 1. The second-order valence-corrected chi connectivity index (χ2v) is 4.53. The van der Waals surface area contributed by atoms with Crippen LogP contribution in [-0.2, 0) is 11.2 Å². The van der Waals surface area contributed by atoms with Gasteiger partial charge in [0, 0.05) is 23.2 Å². The summed E-state index contributed by atoms with van der Waals surface area (Å²) in [5.41, 5.74) is 6.49. The van der Waals surface area contributed by atoms with Gasteiger partial charge in [-0.1, -0.05) is 17.7 Å². The Morgan fingerprint density at radius 1 is 1.56 bits per heavy atom. The van der Waals surface area contributed by atoms with Crippen molar-refractivity contribution in [1.82, 2.24) is 0 Å². The lowest BCUT2D eigenvalue weighted by atomic mass is 10.00. The molecule has 1 heterocycles. The molecule has 1 aliphatic heterocycles. The minimum atomic E-state index is -0.291. The molecule has 0 aliphatic carbocycles. The minimum absolute atomic E-state index is 0.0377. The second kappa shape index (κ2) is 5.13. The fourth-order valence-electron chi connectivity index (χ4n) is 2.03. The van der Waals surface area contributed by atoms with E-state index in [9.17, 15) is 4.39 Å². The van der Waals surface area contributed by atoms with Crippen molar-refractivity contribution in [2.24, 2.45) is 5.73 Å². The van der Waals surface area contributed by atoms with Crippen molar-refractivity contribution in [2.45, 2.75) is 31.4 Å². The van der Waals surface area contributed by atoms with Crippen molar-refractivity contribution in [3.05, 3.63) is 34.6 Å². The average Bonchev–Trinajstić information content (AvgIpc) is 2.76. The first-order valence-corrected chi connectivity index (χ1v) is 5.86. The van der Waals surface area contributed by atoms with E-state index >= 15 is 0 Å². The van der Waals surface area contributed by atoms with E-state index in [1.807, 2.05) is 0 Å². The lowest BCUT2D eigenvalue weighted by Gasteiger charge is -2.19. The Morgan fingerprint density at radius 3 is 3.00 bits per heavy atom. The summed E-state index contributed by atoms with van der Waals surface area (Å²) in [4.78, 5) is 0. The third-order valence-corrected chi connectivity index (χ3v) is 3.30. The van der Waals surface area contributed by atoms with Crippen LogP contribution in [0.2, 0.25) is 5.02 Å². The SMILES string of the molecule is NC(Cc1c(F)cccc1Cl)C1CCCO1. The highest BCUT2D eigenvalue weighted by Gasteiger charge is 2.24. The van der Waals surface area contributed by atoms with Gasteiger partial charge in [0.2, 0.25) is 0 Å². The van der Waals surface area contributed by atoms with E-state index < -0.39 is 0 Å². The van der Waals surface area contributed by atoms with E-state index in [-0.39, 0.29) is 18.0 Å². The van der Waals surface area contributed by atoms with Gasteiger partial charge >= 0.3 is 0 Å².